The minimum Gasteiger partial charge on any atom is -0.353 e. The maximum atomic E-state index is 12.5. The van der Waals surface area contributed by atoms with E-state index in [1.807, 2.05) is 6.07 Å². The second kappa shape index (κ2) is 16.3. The number of nitrogens with zero attached hydrogens (tertiary/aromatic N) is 1. The highest BCUT2D eigenvalue weighted by molar-refractivity contribution is 6.12. The maximum absolute atomic E-state index is 12.5. The molecule has 209 valence electrons. The molecule has 0 saturated heterocycles. The van der Waals surface area contributed by atoms with Crippen molar-refractivity contribution in [2.75, 3.05) is 26.2 Å². The summed E-state index contributed by atoms with van der Waals surface area (Å²) in [6.45, 7) is -0.774. The number of imide groups is 1. The summed E-state index contributed by atoms with van der Waals surface area (Å²) in [5.41, 5.74) is 0.779. The molecule has 0 aromatic heterocycles. The minimum atomic E-state index is -0.993. The molecule has 1 radical (unpaired) electrons. The van der Waals surface area contributed by atoms with Gasteiger partial charge in [-0.05, 0) is 18.4 Å². The van der Waals surface area contributed by atoms with Gasteiger partial charge in [0.2, 0.25) is 29.5 Å². The number of nitrogens with one attached hydrogen (secondary N) is 5. The van der Waals surface area contributed by atoms with Crippen molar-refractivity contribution in [2.24, 2.45) is 0 Å². The molecule has 1 aliphatic rings. The number of rotatable bonds is 16. The van der Waals surface area contributed by atoms with E-state index in [1.54, 1.807) is 24.3 Å². The van der Waals surface area contributed by atoms with Crippen LogP contribution >= 0.6 is 0 Å². The monoisotopic (exact) mass is 541 g/mol. The quantitative estimate of drug-likeness (QED) is 0.124. The summed E-state index contributed by atoms with van der Waals surface area (Å²) in [6.07, 6.45) is 4.46. The lowest BCUT2D eigenvalue weighted by molar-refractivity contribution is -0.137. The Morgan fingerprint density at radius 1 is 0.744 bits per heavy atom. The van der Waals surface area contributed by atoms with Gasteiger partial charge in [0.05, 0.1) is 19.6 Å². The van der Waals surface area contributed by atoms with E-state index < -0.39 is 36.2 Å². The number of unbranched alkanes of at least 4 members (excludes halogenated alkanes) is 2. The zero-order valence-electron chi connectivity index (χ0n) is 21.5. The second-order valence-electron chi connectivity index (χ2n) is 8.65. The highest BCUT2D eigenvalue weighted by Crippen LogP contribution is 2.07. The number of hydrogen-bond acceptors (Lipinski definition) is 7. The summed E-state index contributed by atoms with van der Waals surface area (Å²) in [6, 6.07) is 7.95. The average Bonchev–Trinajstić information content (AvgIpc) is 3.25. The van der Waals surface area contributed by atoms with Crippen molar-refractivity contribution in [2.45, 2.75) is 38.1 Å². The van der Waals surface area contributed by atoms with Crippen molar-refractivity contribution in [3.05, 3.63) is 55.1 Å². The fourth-order valence-electron chi connectivity index (χ4n) is 3.55. The fraction of sp³-hybridized carbons (Fsp3) is 0.385. The summed E-state index contributed by atoms with van der Waals surface area (Å²) in [4.78, 5) is 84.4. The lowest BCUT2D eigenvalue weighted by Crippen LogP contribution is -2.52. The summed E-state index contributed by atoms with van der Waals surface area (Å²) in [7, 11) is 3.22. The van der Waals surface area contributed by atoms with E-state index in [0.717, 1.165) is 10.5 Å². The molecule has 0 fully saturated rings. The van der Waals surface area contributed by atoms with Crippen LogP contribution in [0.25, 0.3) is 0 Å². The Bertz CT molecular complexity index is 1070. The van der Waals surface area contributed by atoms with E-state index in [-0.39, 0.29) is 50.2 Å². The molecule has 13 nitrogen and oxygen atoms in total. The van der Waals surface area contributed by atoms with Gasteiger partial charge in [0.1, 0.15) is 6.04 Å². The Hall–Kier alpha value is -4.55. The van der Waals surface area contributed by atoms with E-state index in [9.17, 15) is 33.6 Å². The molecule has 0 unspecified atom stereocenters. The van der Waals surface area contributed by atoms with Crippen molar-refractivity contribution in [3.63, 3.8) is 0 Å². The van der Waals surface area contributed by atoms with Gasteiger partial charge in [-0.2, -0.15) is 0 Å². The molecule has 13 heteroatoms. The second-order valence-corrected chi connectivity index (χ2v) is 8.65. The molecule has 5 N–H and O–H groups in total. The van der Waals surface area contributed by atoms with Crippen LogP contribution in [-0.2, 0) is 40.0 Å². The Balaban J connectivity index is 1.67. The third-order valence-electron chi connectivity index (χ3n) is 5.63. The predicted octanol–water partition coefficient (Wildman–Crippen LogP) is -1.54. The van der Waals surface area contributed by atoms with Crippen molar-refractivity contribution in [3.8, 4) is 0 Å². The van der Waals surface area contributed by atoms with Crippen LogP contribution in [0.4, 0.5) is 0 Å². The van der Waals surface area contributed by atoms with Gasteiger partial charge in [-0.25, -0.2) is 0 Å². The molecule has 39 heavy (non-hydrogen) atoms. The number of hydrogen-bond donors (Lipinski definition) is 5. The first-order valence-corrected chi connectivity index (χ1v) is 12.4. The van der Waals surface area contributed by atoms with E-state index in [0.29, 0.717) is 19.3 Å². The summed E-state index contributed by atoms with van der Waals surface area (Å²) in [5, 5.41) is 11.9. The van der Waals surface area contributed by atoms with Crippen LogP contribution in [0.2, 0.25) is 0 Å². The number of benzene rings is 1. The molecular formula is C26H33N6O7. The Morgan fingerprint density at radius 2 is 1.36 bits per heavy atom. The predicted molar refractivity (Wildman–Crippen MR) is 139 cm³/mol. The van der Waals surface area contributed by atoms with Gasteiger partial charge in [0.15, 0.2) is 0 Å². The molecule has 1 atom stereocenters. The highest BCUT2D eigenvalue weighted by Gasteiger charge is 2.23. The van der Waals surface area contributed by atoms with Gasteiger partial charge < -0.3 is 26.6 Å². The Labute approximate surface area is 226 Å². The highest BCUT2D eigenvalue weighted by atomic mass is 16.2. The van der Waals surface area contributed by atoms with Gasteiger partial charge in [-0.3, -0.25) is 38.5 Å². The van der Waals surface area contributed by atoms with Crippen molar-refractivity contribution < 1.29 is 33.6 Å². The molecule has 1 heterocycles. The number of amides is 7. The van der Waals surface area contributed by atoms with Gasteiger partial charge in [-0.1, -0.05) is 36.8 Å². The Kier molecular flexibility index (Phi) is 12.8. The van der Waals surface area contributed by atoms with E-state index in [1.165, 1.54) is 12.2 Å². The van der Waals surface area contributed by atoms with Crippen molar-refractivity contribution in [1.82, 2.24) is 31.5 Å². The van der Waals surface area contributed by atoms with Crippen LogP contribution in [0.5, 0.6) is 0 Å². The molecule has 0 spiro atoms. The van der Waals surface area contributed by atoms with Crippen LogP contribution in [0.1, 0.15) is 31.2 Å². The average molecular weight is 542 g/mol. The molecule has 1 aromatic carbocycles. The molecule has 7 amide bonds. The smallest absolute Gasteiger partial charge is 0.253 e. The molecule has 1 aromatic rings. The third kappa shape index (κ3) is 11.6. The Morgan fingerprint density at radius 3 is 2.03 bits per heavy atom. The van der Waals surface area contributed by atoms with Crippen LogP contribution in [0, 0.1) is 7.05 Å². The van der Waals surface area contributed by atoms with E-state index in [4.69, 9.17) is 0 Å². The zero-order chi connectivity index (χ0) is 28.6. The number of carbonyl (C=O) groups excluding carboxylic acids is 7. The zero-order valence-corrected chi connectivity index (χ0v) is 21.5. The molecule has 0 bridgehead atoms. The fourth-order valence-corrected chi connectivity index (χ4v) is 3.55. The number of carbonyl (C=O) groups is 7. The third-order valence-corrected chi connectivity index (χ3v) is 5.63. The van der Waals surface area contributed by atoms with Crippen LogP contribution in [0.3, 0.4) is 0 Å². The first-order valence-electron chi connectivity index (χ1n) is 12.4. The lowest BCUT2D eigenvalue weighted by atomic mass is 10.1. The summed E-state index contributed by atoms with van der Waals surface area (Å²) in [5.74, 6) is -3.33. The van der Waals surface area contributed by atoms with Gasteiger partial charge in [0, 0.05) is 38.6 Å². The van der Waals surface area contributed by atoms with Crippen molar-refractivity contribution in [1.29, 1.82) is 0 Å². The largest absolute Gasteiger partial charge is 0.353 e. The van der Waals surface area contributed by atoms with Gasteiger partial charge in [0.25, 0.3) is 11.8 Å². The lowest BCUT2D eigenvalue weighted by Gasteiger charge is -2.19. The topological polar surface area (TPSA) is 183 Å². The minimum absolute atomic E-state index is 0.163. The molecule has 0 saturated carbocycles. The first kappa shape index (κ1) is 30.7. The SMILES string of the molecule is [CH2]NC(=O)CNC(=O)[C@H](Cc1ccccc1)NC(=O)CNC(=O)CNC(=O)CCCCCN1C(=O)C=CC1=O. The van der Waals surface area contributed by atoms with Crippen LogP contribution in [0.15, 0.2) is 42.5 Å². The maximum Gasteiger partial charge on any atom is 0.253 e. The van der Waals surface area contributed by atoms with Crippen LogP contribution < -0.4 is 26.6 Å². The summed E-state index contributed by atoms with van der Waals surface area (Å²) >= 11 is 0. The molecule has 1 aliphatic heterocycles. The molecule has 2 rings (SSSR count). The van der Waals surface area contributed by atoms with Gasteiger partial charge >= 0.3 is 0 Å². The van der Waals surface area contributed by atoms with E-state index >= 15 is 0 Å². The molecular weight excluding hydrogens is 508 g/mol. The normalized spacial score (nSPS) is 13.0. The first-order chi connectivity index (χ1) is 18.7. The van der Waals surface area contributed by atoms with Crippen molar-refractivity contribution >= 4 is 41.4 Å². The standard InChI is InChI=1S/C26H33N6O7/c1-27-21(34)15-30-26(39)19(14-18-8-4-2-5-9-18)31-23(36)17-29-22(35)16-28-20(33)10-6-3-7-13-32-24(37)11-12-25(32)38/h2,4-5,8-9,11-12,19H,1,3,6-7,10,13-17H2,(H,27,34)(H,28,33)(H,29,35)(H,30,39)(H,31,36)/t19-/m0/s1. The molecule has 0 aliphatic carbocycles. The summed E-state index contributed by atoms with van der Waals surface area (Å²) < 4.78 is 0. The van der Waals surface area contributed by atoms with Gasteiger partial charge in [-0.15, -0.1) is 0 Å². The van der Waals surface area contributed by atoms with Crippen LogP contribution in [-0.4, -0.2) is 78.5 Å². The van der Waals surface area contributed by atoms with E-state index in [2.05, 4.69) is 33.6 Å².